The summed E-state index contributed by atoms with van der Waals surface area (Å²) < 4.78 is 45.2. The van der Waals surface area contributed by atoms with Crippen LogP contribution in [0.1, 0.15) is 69.5 Å². The maximum Gasteiger partial charge on any atom is 0.416 e. The molecule has 0 saturated carbocycles. The van der Waals surface area contributed by atoms with Crippen molar-refractivity contribution in [2.24, 2.45) is 0 Å². The summed E-state index contributed by atoms with van der Waals surface area (Å²) in [6.07, 6.45) is 6.89. The van der Waals surface area contributed by atoms with Gasteiger partial charge < -0.3 is 33.3 Å². The lowest BCUT2D eigenvalue weighted by Gasteiger charge is -2.16. The van der Waals surface area contributed by atoms with E-state index in [-0.39, 0.29) is 42.0 Å². The molecule has 3 atom stereocenters. The molecule has 0 unspecified atom stereocenters. The summed E-state index contributed by atoms with van der Waals surface area (Å²) in [5.41, 5.74) is 0.758. The number of pyridine rings is 1. The minimum absolute atomic E-state index is 0. The largest absolute Gasteiger partial charge is 1.00 e. The molecule has 3 aliphatic rings. The van der Waals surface area contributed by atoms with Crippen LogP contribution in [0.5, 0.6) is 0 Å². The first-order valence-electron chi connectivity index (χ1n) is 17.6. The molecule has 2 saturated heterocycles. The monoisotopic (exact) mass is 796 g/mol. The first-order valence-corrected chi connectivity index (χ1v) is 20.2. The average Bonchev–Trinajstić information content (AvgIpc) is 3.83. The Morgan fingerprint density at radius 3 is 2.67 bits per heavy atom. The maximum atomic E-state index is 13.6. The zero-order valence-electron chi connectivity index (χ0n) is 29.1. The van der Waals surface area contributed by atoms with E-state index >= 15 is 0 Å². The van der Waals surface area contributed by atoms with Crippen molar-refractivity contribution in [3.05, 3.63) is 73.4 Å². The summed E-state index contributed by atoms with van der Waals surface area (Å²) in [6, 6.07) is 10.0. The number of thioether (sulfide) groups is 2. The predicted molar refractivity (Wildman–Crippen MR) is 198 cm³/mol. The lowest BCUT2D eigenvalue weighted by atomic mass is 10.0. The number of benzene rings is 1. The Balaban J connectivity index is 0.00000523. The van der Waals surface area contributed by atoms with Crippen LogP contribution < -0.4 is 52.6 Å². The van der Waals surface area contributed by atoms with Crippen molar-refractivity contribution in [1.82, 2.24) is 20.5 Å². The third-order valence-electron chi connectivity index (χ3n) is 9.56. The minimum atomic E-state index is -4.43. The van der Waals surface area contributed by atoms with E-state index in [0.717, 1.165) is 79.7 Å². The minimum Gasteiger partial charge on any atom is -1.00 e. The molecular formula is C36H44ClF3N6O3S3. The molecule has 3 amide bonds. The van der Waals surface area contributed by atoms with Gasteiger partial charge in [-0.3, -0.25) is 14.2 Å². The fraction of sp³-hybridized carbons (Fsp3) is 0.500. The van der Waals surface area contributed by atoms with E-state index in [2.05, 4.69) is 20.5 Å². The van der Waals surface area contributed by atoms with Crippen LogP contribution >= 0.6 is 34.9 Å². The van der Waals surface area contributed by atoms with E-state index < -0.39 is 11.7 Å². The van der Waals surface area contributed by atoms with Crippen LogP contribution in [0.3, 0.4) is 0 Å². The summed E-state index contributed by atoms with van der Waals surface area (Å²) in [6.45, 7) is 3.86. The van der Waals surface area contributed by atoms with Crippen LogP contribution in [-0.2, 0) is 24.1 Å². The van der Waals surface area contributed by atoms with Gasteiger partial charge in [0, 0.05) is 67.1 Å². The van der Waals surface area contributed by atoms with Gasteiger partial charge in [-0.15, -0.1) is 11.3 Å². The number of urea groups is 1. The van der Waals surface area contributed by atoms with Gasteiger partial charge in [0.25, 0.3) is 5.56 Å². The Kier molecular flexibility index (Phi) is 13.7. The number of thiazole rings is 1. The zero-order chi connectivity index (χ0) is 36.1. The standard InChI is InChI=1S/C36H43F3N6O3S3.ClH/c1-3-45-30(51-32(33(45)47)34-43(2)26-16-15-23(36(37,38)39)20-28(26)50-34)21-24-12-8-11-19-44(24)18-10-5-4-9-17-40-29(46)14-7-6-13-27-31-25(22-49-27)41-35(48)42-31;/h8,11-12,15-16,19-21,25,27,31H,3-7,9-10,13-14,17-18,22H2,1-2H3,(H2-,40,41,42,46,48);1H/b34-32+;/t25-,27-,31-;/m0./s1. The number of anilines is 1. The third-order valence-corrected chi connectivity index (χ3v) is 13.5. The second-order valence-electron chi connectivity index (χ2n) is 13.1. The second kappa shape index (κ2) is 17.8. The smallest absolute Gasteiger partial charge is 0.416 e. The predicted octanol–water partition coefficient (Wildman–Crippen LogP) is 1.78. The van der Waals surface area contributed by atoms with Crippen molar-refractivity contribution >= 4 is 63.6 Å². The Labute approximate surface area is 319 Å². The van der Waals surface area contributed by atoms with Gasteiger partial charge in [0.2, 0.25) is 11.6 Å². The van der Waals surface area contributed by atoms with E-state index in [4.69, 9.17) is 0 Å². The SMILES string of the molecule is CCn1c(=O)/c(=C2\Sc3cc(C(F)(F)F)ccc3N2C)s/c1=C\c1cccc[n+]1CCCCCCNC(=O)CCCC[C@@H]1SC[C@@H]2NC(=O)N[C@@H]21.[Cl-]. The quantitative estimate of drug-likeness (QED) is 0.131. The molecule has 5 heterocycles. The fourth-order valence-electron chi connectivity index (χ4n) is 6.80. The van der Waals surface area contributed by atoms with E-state index in [9.17, 15) is 27.6 Å². The molecule has 0 radical (unpaired) electrons. The highest BCUT2D eigenvalue weighted by Gasteiger charge is 2.42. The maximum absolute atomic E-state index is 13.6. The van der Waals surface area contributed by atoms with Gasteiger partial charge in [0.05, 0.1) is 23.3 Å². The molecular weight excluding hydrogens is 753 g/mol. The summed E-state index contributed by atoms with van der Waals surface area (Å²) >= 11 is 4.46. The summed E-state index contributed by atoms with van der Waals surface area (Å²) in [7, 11) is 1.78. The lowest BCUT2D eigenvalue weighted by Crippen LogP contribution is -3.00. The van der Waals surface area contributed by atoms with E-state index in [1.54, 1.807) is 16.5 Å². The van der Waals surface area contributed by atoms with Crippen LogP contribution in [0.4, 0.5) is 23.7 Å². The van der Waals surface area contributed by atoms with Gasteiger partial charge in [0.1, 0.15) is 20.8 Å². The van der Waals surface area contributed by atoms with Gasteiger partial charge in [-0.05, 0) is 56.9 Å². The fourth-order valence-corrected chi connectivity index (χ4v) is 10.8. The number of carbonyl (C=O) groups excluding carboxylic acids is 2. The number of unbranched alkanes of at least 4 members (excludes halogenated alkanes) is 4. The van der Waals surface area contributed by atoms with Gasteiger partial charge in [-0.25, -0.2) is 4.79 Å². The molecule has 52 heavy (non-hydrogen) atoms. The van der Waals surface area contributed by atoms with Crippen molar-refractivity contribution in [3.8, 4) is 0 Å². The normalized spacial score (nSPS) is 20.7. The highest BCUT2D eigenvalue weighted by molar-refractivity contribution is 8.08. The second-order valence-corrected chi connectivity index (χ2v) is 16.4. The summed E-state index contributed by atoms with van der Waals surface area (Å²) in [4.78, 5) is 39.7. The Hall–Kier alpha value is -3.14. The molecule has 3 aliphatic heterocycles. The molecule has 3 aromatic rings. The highest BCUT2D eigenvalue weighted by atomic mass is 35.5. The Morgan fingerprint density at radius 2 is 1.88 bits per heavy atom. The van der Waals surface area contributed by atoms with Crippen LogP contribution in [0, 0.1) is 0 Å². The number of alkyl halides is 3. The number of hydrogen-bond acceptors (Lipinski definition) is 7. The van der Waals surface area contributed by atoms with E-state index in [0.29, 0.717) is 44.9 Å². The molecule has 2 aromatic heterocycles. The molecule has 0 bridgehead atoms. The summed E-state index contributed by atoms with van der Waals surface area (Å²) in [5, 5.41) is 10.1. The van der Waals surface area contributed by atoms with Crippen molar-refractivity contribution in [1.29, 1.82) is 0 Å². The number of nitrogens with zero attached hydrogens (tertiary/aromatic N) is 3. The number of aromatic nitrogens is 2. The van der Waals surface area contributed by atoms with Gasteiger partial charge >= 0.3 is 12.2 Å². The summed E-state index contributed by atoms with van der Waals surface area (Å²) in [5.74, 6) is 1.05. The van der Waals surface area contributed by atoms with E-state index in [1.165, 1.54) is 29.2 Å². The number of aryl methyl sites for hydroxylation is 1. The van der Waals surface area contributed by atoms with Crippen LogP contribution in [0.25, 0.3) is 11.1 Å². The van der Waals surface area contributed by atoms with Gasteiger partial charge in [-0.1, -0.05) is 24.6 Å². The number of hydrogen-bond donors (Lipinski definition) is 3. The van der Waals surface area contributed by atoms with Crippen LogP contribution in [0.2, 0.25) is 0 Å². The lowest BCUT2D eigenvalue weighted by molar-refractivity contribution is -0.699. The highest BCUT2D eigenvalue weighted by Crippen LogP contribution is 2.47. The molecule has 6 rings (SSSR count). The van der Waals surface area contributed by atoms with Crippen molar-refractivity contribution in [3.63, 3.8) is 0 Å². The van der Waals surface area contributed by atoms with Crippen LogP contribution in [0.15, 0.2) is 52.3 Å². The number of amides is 3. The zero-order valence-corrected chi connectivity index (χ0v) is 32.3. The Bertz CT molecular complexity index is 1940. The van der Waals surface area contributed by atoms with Gasteiger partial charge in [-0.2, -0.15) is 29.5 Å². The number of nitrogens with one attached hydrogen (secondary N) is 3. The molecule has 1 aromatic carbocycles. The third kappa shape index (κ3) is 9.31. The number of halogens is 4. The molecule has 16 heteroatoms. The van der Waals surface area contributed by atoms with Crippen molar-refractivity contribution in [2.45, 2.75) is 99.8 Å². The topological polar surface area (TPSA) is 99.3 Å². The first-order chi connectivity index (χ1) is 24.5. The molecule has 3 N–H and O–H groups in total. The molecule has 9 nitrogen and oxygen atoms in total. The number of fused-ring (bicyclic) bond motifs is 2. The van der Waals surface area contributed by atoms with E-state index in [1.807, 2.05) is 49.2 Å². The first kappa shape index (κ1) is 40.1. The molecule has 0 aliphatic carbocycles. The Morgan fingerprint density at radius 1 is 1.08 bits per heavy atom. The molecule has 0 spiro atoms. The average molecular weight is 797 g/mol. The van der Waals surface area contributed by atoms with Crippen molar-refractivity contribution in [2.75, 3.05) is 24.2 Å². The number of rotatable bonds is 14. The van der Waals surface area contributed by atoms with Gasteiger partial charge in [0.15, 0.2) is 6.20 Å². The molecule has 282 valence electrons. The molecule has 2 fully saturated rings. The van der Waals surface area contributed by atoms with Crippen LogP contribution in [-0.4, -0.2) is 53.2 Å². The number of carbonyl (C=O) groups is 2. The van der Waals surface area contributed by atoms with Crippen molar-refractivity contribution < 1.29 is 39.7 Å².